The first kappa shape index (κ1) is 28.6. The summed E-state index contributed by atoms with van der Waals surface area (Å²) in [6.07, 6.45) is -2.10. The summed E-state index contributed by atoms with van der Waals surface area (Å²) in [4.78, 5) is 52.4. The lowest BCUT2D eigenvalue weighted by Gasteiger charge is -2.58. The van der Waals surface area contributed by atoms with Crippen molar-refractivity contribution in [1.29, 1.82) is 0 Å². The van der Waals surface area contributed by atoms with Gasteiger partial charge < -0.3 is 15.5 Å². The maximum absolute atomic E-state index is 13.4. The Hall–Kier alpha value is -3.44. The number of nitrogens with zero attached hydrogens (tertiary/aromatic N) is 2. The number of rotatable bonds is 6. The predicted octanol–water partition coefficient (Wildman–Crippen LogP) is 3.81. The smallest absolute Gasteiger partial charge is 0.349 e. The topological polar surface area (TPSA) is 98.8 Å². The average Bonchev–Trinajstić information content (AvgIpc) is 2.99. The van der Waals surface area contributed by atoms with Gasteiger partial charge >= 0.3 is 12.2 Å². The Morgan fingerprint density at radius 1 is 1.08 bits per heavy atom. The minimum Gasteiger partial charge on any atom is -0.349 e. The Morgan fingerprint density at radius 3 is 2.28 bits per heavy atom. The van der Waals surface area contributed by atoms with E-state index in [-0.39, 0.29) is 36.4 Å². The van der Waals surface area contributed by atoms with Crippen LogP contribution in [0.15, 0.2) is 35.4 Å². The van der Waals surface area contributed by atoms with Gasteiger partial charge in [0.05, 0.1) is 0 Å². The molecular formula is C27H32F4N4O4. The highest BCUT2D eigenvalue weighted by atomic mass is 19.4. The summed E-state index contributed by atoms with van der Waals surface area (Å²) in [5, 5.41) is 5.54. The highest BCUT2D eigenvalue weighted by Gasteiger charge is 2.68. The van der Waals surface area contributed by atoms with Crippen LogP contribution in [0, 0.1) is 11.2 Å². The summed E-state index contributed by atoms with van der Waals surface area (Å²) in [6, 6.07) is 4.58. The van der Waals surface area contributed by atoms with E-state index >= 15 is 0 Å². The van der Waals surface area contributed by atoms with E-state index in [2.05, 4.69) is 10.6 Å². The molecule has 0 unspecified atom stereocenters. The average molecular weight is 553 g/mol. The molecule has 212 valence electrons. The van der Waals surface area contributed by atoms with E-state index in [0.717, 1.165) is 4.90 Å². The van der Waals surface area contributed by atoms with Crippen molar-refractivity contribution in [3.8, 4) is 0 Å². The van der Waals surface area contributed by atoms with Gasteiger partial charge in [0.25, 0.3) is 17.7 Å². The fraction of sp³-hybridized carbons (Fsp3) is 0.556. The van der Waals surface area contributed by atoms with Gasteiger partial charge in [-0.1, -0.05) is 17.7 Å². The largest absolute Gasteiger partial charge is 0.406 e. The lowest BCUT2D eigenvalue weighted by Crippen LogP contribution is -2.65. The van der Waals surface area contributed by atoms with Crippen molar-refractivity contribution < 1.29 is 36.7 Å². The van der Waals surface area contributed by atoms with E-state index < -0.39 is 47.8 Å². The van der Waals surface area contributed by atoms with Gasteiger partial charge in [-0.25, -0.2) is 9.18 Å². The van der Waals surface area contributed by atoms with Crippen molar-refractivity contribution in [3.05, 3.63) is 46.8 Å². The zero-order valence-corrected chi connectivity index (χ0v) is 22.1. The van der Waals surface area contributed by atoms with Crippen LogP contribution in [-0.4, -0.2) is 64.9 Å². The summed E-state index contributed by atoms with van der Waals surface area (Å²) in [6.45, 7) is 1.87. The Balaban J connectivity index is 1.34. The van der Waals surface area contributed by atoms with Crippen LogP contribution in [0.2, 0.25) is 0 Å². The second-order valence-electron chi connectivity index (χ2n) is 11.2. The van der Waals surface area contributed by atoms with Crippen molar-refractivity contribution >= 4 is 23.8 Å². The number of likely N-dealkylation sites (N-methyl/N-ethyl adjacent to an activating group) is 1. The van der Waals surface area contributed by atoms with Crippen molar-refractivity contribution in [2.24, 2.45) is 5.41 Å². The van der Waals surface area contributed by atoms with Crippen LogP contribution < -0.4 is 10.6 Å². The molecule has 3 fully saturated rings. The number of nitrogens with one attached hydrogen (secondary N) is 2. The van der Waals surface area contributed by atoms with Crippen molar-refractivity contribution in [3.63, 3.8) is 0 Å². The third kappa shape index (κ3) is 5.65. The van der Waals surface area contributed by atoms with Crippen LogP contribution in [0.3, 0.4) is 0 Å². The van der Waals surface area contributed by atoms with E-state index in [4.69, 9.17) is 0 Å². The zero-order valence-electron chi connectivity index (χ0n) is 22.1. The monoisotopic (exact) mass is 552 g/mol. The molecule has 3 aliphatic rings. The second-order valence-corrected chi connectivity index (χ2v) is 11.2. The molecule has 5 amide bonds. The molecule has 4 rings (SSSR count). The molecule has 2 spiro atoms. The van der Waals surface area contributed by atoms with Crippen molar-refractivity contribution in [1.82, 2.24) is 20.4 Å². The van der Waals surface area contributed by atoms with Crippen molar-refractivity contribution in [2.75, 3.05) is 13.6 Å². The van der Waals surface area contributed by atoms with Gasteiger partial charge in [0.1, 0.15) is 23.5 Å². The molecule has 2 aliphatic carbocycles. The molecule has 1 heterocycles. The Labute approximate surface area is 223 Å². The number of hydrogen-bond acceptors (Lipinski definition) is 4. The quantitative estimate of drug-likeness (QED) is 0.184. The number of imide groups is 1. The molecule has 1 saturated heterocycles. The third-order valence-electron chi connectivity index (χ3n) is 8.09. The Bertz CT molecular complexity index is 1210. The Morgan fingerprint density at radius 2 is 1.72 bits per heavy atom. The van der Waals surface area contributed by atoms with Gasteiger partial charge in [-0.3, -0.25) is 19.3 Å². The van der Waals surface area contributed by atoms with Gasteiger partial charge in [0.15, 0.2) is 0 Å². The molecule has 1 aromatic carbocycles. The molecule has 0 bridgehead atoms. The van der Waals surface area contributed by atoms with Crippen molar-refractivity contribution in [2.45, 2.75) is 76.7 Å². The number of benzene rings is 1. The first-order valence-corrected chi connectivity index (χ1v) is 12.8. The summed E-state index contributed by atoms with van der Waals surface area (Å²) in [5.41, 5.74) is -0.818. The van der Waals surface area contributed by atoms with E-state index in [1.807, 2.05) is 0 Å². The maximum atomic E-state index is 13.4. The molecule has 2 saturated carbocycles. The Kier molecular flexibility index (Phi) is 7.52. The SMILES string of the molecule is CC(C)=C(C(=O)NCc1cccc(F)c1)C(=O)NC1CCC2(CC1)CC1(C2)C(=O)N(C)C(=O)N1CC(F)(F)F. The minimum atomic E-state index is -4.62. The first-order chi connectivity index (χ1) is 18.2. The van der Waals surface area contributed by atoms with Crippen LogP contribution in [0.25, 0.3) is 0 Å². The molecule has 0 aromatic heterocycles. The molecule has 1 aromatic rings. The first-order valence-electron chi connectivity index (χ1n) is 12.8. The number of allylic oxidation sites excluding steroid dienone is 1. The molecule has 39 heavy (non-hydrogen) atoms. The highest BCUT2D eigenvalue weighted by molar-refractivity contribution is 6.19. The number of halogens is 4. The van der Waals surface area contributed by atoms with E-state index in [1.165, 1.54) is 25.2 Å². The number of hydrogen-bond donors (Lipinski definition) is 2. The zero-order chi connectivity index (χ0) is 28.8. The molecule has 0 radical (unpaired) electrons. The number of urea groups is 1. The van der Waals surface area contributed by atoms with Crippen LogP contribution in [-0.2, 0) is 20.9 Å². The fourth-order valence-corrected chi connectivity index (χ4v) is 6.27. The fourth-order valence-electron chi connectivity index (χ4n) is 6.27. The van der Waals surface area contributed by atoms with E-state index in [9.17, 15) is 36.7 Å². The molecule has 2 N–H and O–H groups in total. The predicted molar refractivity (Wildman–Crippen MR) is 132 cm³/mol. The lowest BCUT2D eigenvalue weighted by atomic mass is 9.51. The third-order valence-corrected chi connectivity index (χ3v) is 8.09. The number of alkyl halides is 3. The van der Waals surface area contributed by atoms with Crippen LogP contribution in [0.1, 0.15) is 57.9 Å². The van der Waals surface area contributed by atoms with Gasteiger partial charge in [-0.15, -0.1) is 0 Å². The molecule has 12 heteroatoms. The van der Waals surface area contributed by atoms with Gasteiger partial charge in [-0.2, -0.15) is 13.2 Å². The number of carbonyl (C=O) groups is 4. The maximum Gasteiger partial charge on any atom is 0.406 e. The van der Waals surface area contributed by atoms with Crippen LogP contribution in [0.4, 0.5) is 22.4 Å². The van der Waals surface area contributed by atoms with Gasteiger partial charge in [0, 0.05) is 19.6 Å². The van der Waals surface area contributed by atoms with E-state index in [0.29, 0.717) is 41.7 Å². The lowest BCUT2D eigenvalue weighted by molar-refractivity contribution is -0.173. The number of carbonyl (C=O) groups excluding carboxylic acids is 4. The standard InChI is InChI=1S/C27H32F4N4O4/c1-16(2)20(21(36)32-12-17-5-4-6-18(28)11-17)22(37)33-19-7-9-25(10-8-19)13-26(14-25)23(38)34(3)24(39)35(26)15-27(29,30)31/h4-6,11,19H,7-10,12-15H2,1-3H3,(H,32,36)(H,33,37). The molecule has 0 atom stereocenters. The minimum absolute atomic E-state index is 0.0322. The normalized spacial score (nSPS) is 26.6. The molecule has 1 aliphatic heterocycles. The summed E-state index contributed by atoms with van der Waals surface area (Å²) < 4.78 is 52.9. The number of amides is 5. The highest BCUT2D eigenvalue weighted by Crippen LogP contribution is 2.61. The van der Waals surface area contributed by atoms with Gasteiger partial charge in [0.2, 0.25) is 0 Å². The van der Waals surface area contributed by atoms with Gasteiger partial charge in [-0.05, 0) is 75.5 Å². The molecule has 8 nitrogen and oxygen atoms in total. The summed E-state index contributed by atoms with van der Waals surface area (Å²) in [7, 11) is 1.20. The van der Waals surface area contributed by atoms with Crippen LogP contribution in [0.5, 0.6) is 0 Å². The second kappa shape index (κ2) is 10.3. The van der Waals surface area contributed by atoms with E-state index in [1.54, 1.807) is 19.9 Å². The summed E-state index contributed by atoms with van der Waals surface area (Å²) in [5.74, 6) is -2.15. The molecular weight excluding hydrogens is 520 g/mol. The van der Waals surface area contributed by atoms with Crippen LogP contribution >= 0.6 is 0 Å². The summed E-state index contributed by atoms with van der Waals surface area (Å²) >= 11 is 0.